The zero-order chi connectivity index (χ0) is 12.4. The topological polar surface area (TPSA) is 0 Å². The number of halogens is 3. The third kappa shape index (κ3) is 3.30. The van der Waals surface area contributed by atoms with Gasteiger partial charge in [0.1, 0.15) is 0 Å². The van der Waals surface area contributed by atoms with Crippen LogP contribution in [0.15, 0.2) is 24.3 Å². The highest BCUT2D eigenvalue weighted by atomic mass is 127. The van der Waals surface area contributed by atoms with Crippen LogP contribution in [0.5, 0.6) is 0 Å². The molecule has 4 atom stereocenters. The fraction of sp³-hybridized carbons (Fsp3) is 0.571. The van der Waals surface area contributed by atoms with Crippen LogP contribution in [0, 0.1) is 0 Å². The molecule has 0 aromatic heterocycles. The van der Waals surface area contributed by atoms with Crippen molar-refractivity contribution in [3.05, 3.63) is 35.4 Å². The third-order valence-corrected chi connectivity index (χ3v) is 9.12. The first-order chi connectivity index (χ1) is 8.15. The van der Waals surface area contributed by atoms with E-state index in [9.17, 15) is 0 Å². The number of alkyl halides is 3. The summed E-state index contributed by atoms with van der Waals surface area (Å²) in [7, 11) is 0. The van der Waals surface area contributed by atoms with Crippen LogP contribution in [0.4, 0.5) is 0 Å². The SMILES string of the molecule is CCCC(I)C1CC(I)C(I)c2ccccc21. The van der Waals surface area contributed by atoms with Gasteiger partial charge in [0.2, 0.25) is 0 Å². The maximum atomic E-state index is 2.67. The monoisotopic (exact) mass is 566 g/mol. The minimum atomic E-state index is 0.686. The molecular formula is C14H17I3. The standard InChI is InChI=1S/C14H17I3/c1-2-5-12(15)11-8-13(16)14(17)10-7-4-3-6-9(10)11/h3-4,6-7,11-14H,2,5,8H2,1H3. The molecule has 0 spiro atoms. The Labute approximate surface area is 145 Å². The molecule has 94 valence electrons. The van der Waals surface area contributed by atoms with Crippen molar-refractivity contribution in [1.82, 2.24) is 0 Å². The molecule has 2 rings (SSSR count). The summed E-state index contributed by atoms with van der Waals surface area (Å²) in [6.45, 7) is 2.29. The molecule has 0 saturated carbocycles. The highest BCUT2D eigenvalue weighted by Gasteiger charge is 2.34. The third-order valence-electron chi connectivity index (χ3n) is 3.49. The van der Waals surface area contributed by atoms with Crippen molar-refractivity contribution in [2.24, 2.45) is 0 Å². The molecule has 1 aliphatic rings. The van der Waals surface area contributed by atoms with Crippen molar-refractivity contribution in [1.29, 1.82) is 0 Å². The number of benzene rings is 1. The van der Waals surface area contributed by atoms with Crippen molar-refractivity contribution >= 4 is 67.8 Å². The summed E-state index contributed by atoms with van der Waals surface area (Å²) < 4.78 is 2.26. The molecule has 4 unspecified atom stereocenters. The molecule has 3 heteroatoms. The number of hydrogen-bond acceptors (Lipinski definition) is 0. The molecule has 1 aromatic rings. The molecule has 0 amide bonds. The summed E-state index contributed by atoms with van der Waals surface area (Å²) in [5, 5.41) is 0. The fourth-order valence-electron chi connectivity index (χ4n) is 2.60. The van der Waals surface area contributed by atoms with Crippen LogP contribution in [0.1, 0.15) is 47.2 Å². The predicted molar refractivity (Wildman–Crippen MR) is 101 cm³/mol. The van der Waals surface area contributed by atoms with E-state index in [0.29, 0.717) is 3.92 Å². The highest BCUT2D eigenvalue weighted by Crippen LogP contribution is 2.48. The Morgan fingerprint density at radius 3 is 2.53 bits per heavy atom. The zero-order valence-electron chi connectivity index (χ0n) is 9.87. The average molecular weight is 566 g/mol. The first kappa shape index (κ1) is 14.8. The van der Waals surface area contributed by atoms with E-state index in [2.05, 4.69) is 99.0 Å². The second kappa shape index (κ2) is 6.72. The van der Waals surface area contributed by atoms with E-state index in [0.717, 1.165) is 13.8 Å². The van der Waals surface area contributed by atoms with E-state index in [1.54, 1.807) is 11.1 Å². The summed E-state index contributed by atoms with van der Waals surface area (Å²) in [4.78, 5) is 0. The van der Waals surface area contributed by atoms with Gasteiger partial charge in [-0.25, -0.2) is 0 Å². The maximum Gasteiger partial charge on any atom is 0.0480 e. The highest BCUT2D eigenvalue weighted by molar-refractivity contribution is 14.1. The minimum Gasteiger partial charge on any atom is -0.0820 e. The van der Waals surface area contributed by atoms with Gasteiger partial charge in [-0.2, -0.15) is 0 Å². The number of hydrogen-bond donors (Lipinski definition) is 0. The first-order valence-electron chi connectivity index (χ1n) is 6.16. The number of fused-ring (bicyclic) bond motifs is 1. The lowest BCUT2D eigenvalue weighted by Gasteiger charge is -2.35. The Morgan fingerprint density at radius 2 is 1.88 bits per heavy atom. The smallest absolute Gasteiger partial charge is 0.0480 e. The van der Waals surface area contributed by atoms with Gasteiger partial charge in [0.05, 0.1) is 0 Å². The lowest BCUT2D eigenvalue weighted by Crippen LogP contribution is -2.25. The lowest BCUT2D eigenvalue weighted by atomic mass is 9.80. The van der Waals surface area contributed by atoms with Crippen molar-refractivity contribution < 1.29 is 0 Å². The molecule has 17 heavy (non-hydrogen) atoms. The molecule has 0 bridgehead atoms. The van der Waals surface area contributed by atoms with Crippen LogP contribution in [-0.4, -0.2) is 7.85 Å². The average Bonchev–Trinajstić information content (AvgIpc) is 2.34. The van der Waals surface area contributed by atoms with Crippen LogP contribution in [0.3, 0.4) is 0 Å². The maximum absolute atomic E-state index is 2.67. The molecule has 0 heterocycles. The van der Waals surface area contributed by atoms with Crippen LogP contribution in [0.25, 0.3) is 0 Å². The van der Waals surface area contributed by atoms with Crippen LogP contribution < -0.4 is 0 Å². The first-order valence-corrected chi connectivity index (χ1v) is 9.89. The van der Waals surface area contributed by atoms with E-state index in [4.69, 9.17) is 0 Å². The van der Waals surface area contributed by atoms with Gasteiger partial charge in [-0.1, -0.05) is 105 Å². The van der Waals surface area contributed by atoms with Gasteiger partial charge in [0, 0.05) is 11.8 Å². The molecule has 1 aromatic carbocycles. The second-order valence-corrected chi connectivity index (χ2v) is 9.24. The quantitative estimate of drug-likeness (QED) is 0.309. The Bertz CT molecular complexity index is 377. The summed E-state index contributed by atoms with van der Waals surface area (Å²) in [5.41, 5.74) is 3.20. The molecule has 0 radical (unpaired) electrons. The summed E-state index contributed by atoms with van der Waals surface area (Å²) in [6.07, 6.45) is 3.99. The van der Waals surface area contributed by atoms with Gasteiger partial charge in [-0.3, -0.25) is 0 Å². The molecular weight excluding hydrogens is 549 g/mol. The molecule has 0 saturated heterocycles. The van der Waals surface area contributed by atoms with Crippen LogP contribution in [0.2, 0.25) is 0 Å². The summed E-state index contributed by atoms with van der Waals surface area (Å²) >= 11 is 7.93. The van der Waals surface area contributed by atoms with E-state index in [1.807, 2.05) is 0 Å². The lowest BCUT2D eigenvalue weighted by molar-refractivity contribution is 0.543. The molecule has 0 nitrogen and oxygen atoms in total. The van der Waals surface area contributed by atoms with Crippen molar-refractivity contribution in [2.45, 2.75) is 43.9 Å². The predicted octanol–water partition coefficient (Wildman–Crippen LogP) is 6.06. The van der Waals surface area contributed by atoms with Crippen LogP contribution in [-0.2, 0) is 0 Å². The molecule has 1 aliphatic carbocycles. The largest absolute Gasteiger partial charge is 0.0820 e. The minimum absolute atomic E-state index is 0.686. The van der Waals surface area contributed by atoms with Gasteiger partial charge in [0.15, 0.2) is 0 Å². The fourth-order valence-corrected chi connectivity index (χ4v) is 5.70. The van der Waals surface area contributed by atoms with Gasteiger partial charge in [-0.15, -0.1) is 0 Å². The van der Waals surface area contributed by atoms with E-state index < -0.39 is 0 Å². The molecule has 0 aliphatic heterocycles. The Hall–Kier alpha value is 1.41. The normalized spacial score (nSPS) is 29.8. The van der Waals surface area contributed by atoms with Gasteiger partial charge in [0.25, 0.3) is 0 Å². The van der Waals surface area contributed by atoms with Crippen molar-refractivity contribution in [3.8, 4) is 0 Å². The van der Waals surface area contributed by atoms with Crippen molar-refractivity contribution in [2.75, 3.05) is 0 Å². The number of rotatable bonds is 3. The van der Waals surface area contributed by atoms with Gasteiger partial charge >= 0.3 is 0 Å². The Balaban J connectivity index is 2.33. The zero-order valence-corrected chi connectivity index (χ0v) is 16.3. The summed E-state index contributed by atoms with van der Waals surface area (Å²) in [5.74, 6) is 0.764. The Morgan fingerprint density at radius 1 is 1.24 bits per heavy atom. The van der Waals surface area contributed by atoms with Crippen molar-refractivity contribution in [3.63, 3.8) is 0 Å². The van der Waals surface area contributed by atoms with Gasteiger partial charge < -0.3 is 0 Å². The van der Waals surface area contributed by atoms with E-state index >= 15 is 0 Å². The van der Waals surface area contributed by atoms with Crippen LogP contribution >= 0.6 is 67.8 Å². The Kier molecular flexibility index (Phi) is 5.86. The van der Waals surface area contributed by atoms with Gasteiger partial charge in [-0.05, 0) is 29.9 Å². The van der Waals surface area contributed by atoms with E-state index in [1.165, 1.54) is 19.3 Å². The second-order valence-electron chi connectivity index (χ2n) is 4.69. The summed E-state index contributed by atoms with van der Waals surface area (Å²) in [6, 6.07) is 9.09. The molecule has 0 N–H and O–H groups in total. The molecule has 0 fully saturated rings. The van der Waals surface area contributed by atoms with E-state index in [-0.39, 0.29) is 0 Å².